The predicted octanol–water partition coefficient (Wildman–Crippen LogP) is 1.11. The largest absolute Gasteiger partial charge is 0.304 e. The van der Waals surface area contributed by atoms with E-state index in [-0.39, 0.29) is 0 Å². The van der Waals surface area contributed by atoms with Gasteiger partial charge in [0.2, 0.25) is 0 Å². The summed E-state index contributed by atoms with van der Waals surface area (Å²) in [5.41, 5.74) is 0.325. The second kappa shape index (κ2) is 4.84. The molecular weight excluding hydrogens is 212 g/mol. The van der Waals surface area contributed by atoms with Gasteiger partial charge < -0.3 is 4.90 Å². The van der Waals surface area contributed by atoms with Crippen LogP contribution < -0.4 is 0 Å². The molecule has 2 rings (SSSR count). The zero-order chi connectivity index (χ0) is 11.5. The first-order chi connectivity index (χ1) is 7.65. The summed E-state index contributed by atoms with van der Waals surface area (Å²) in [6.07, 6.45) is 1.06. The third-order valence-corrected chi connectivity index (χ3v) is 2.85. The fraction of sp³-hybridized carbons (Fsp3) is 0.545. The van der Waals surface area contributed by atoms with Crippen LogP contribution in [0.4, 0.5) is 8.78 Å². The van der Waals surface area contributed by atoms with Crippen LogP contribution in [0.1, 0.15) is 5.69 Å². The zero-order valence-corrected chi connectivity index (χ0v) is 9.29. The maximum Gasteiger partial charge on any atom is 0.148 e. The molecule has 0 amide bonds. The number of rotatable bonds is 2. The topological polar surface area (TPSA) is 19.4 Å². The Hall–Kier alpha value is -1.07. The van der Waals surface area contributed by atoms with E-state index in [0.29, 0.717) is 12.2 Å². The Morgan fingerprint density at radius 2 is 1.94 bits per heavy atom. The van der Waals surface area contributed by atoms with Crippen molar-refractivity contribution in [1.82, 2.24) is 14.8 Å². The molecule has 2 heterocycles. The molecule has 1 saturated heterocycles. The number of pyridine rings is 1. The van der Waals surface area contributed by atoms with E-state index < -0.39 is 11.6 Å². The molecule has 16 heavy (non-hydrogen) atoms. The molecule has 1 fully saturated rings. The molecule has 0 N–H and O–H groups in total. The predicted molar refractivity (Wildman–Crippen MR) is 56.9 cm³/mol. The highest BCUT2D eigenvalue weighted by molar-refractivity contribution is 5.08. The van der Waals surface area contributed by atoms with Gasteiger partial charge in [0.05, 0.1) is 11.9 Å². The number of hydrogen-bond acceptors (Lipinski definition) is 3. The molecule has 0 unspecified atom stereocenters. The Kier molecular flexibility index (Phi) is 3.46. The summed E-state index contributed by atoms with van der Waals surface area (Å²) in [4.78, 5) is 8.14. The number of piperazine rings is 1. The lowest BCUT2D eigenvalue weighted by molar-refractivity contribution is 0.145. The minimum Gasteiger partial charge on any atom is -0.304 e. The summed E-state index contributed by atoms with van der Waals surface area (Å²) in [5, 5.41) is 0. The SMILES string of the molecule is CN1CCN(Cc2ncc(F)cc2F)CC1. The number of aromatic nitrogens is 1. The molecular formula is C11H15F2N3. The molecule has 0 atom stereocenters. The Bertz CT molecular complexity index is 362. The number of halogens is 2. The summed E-state index contributed by atoms with van der Waals surface area (Å²) in [6, 6.07) is 0.887. The van der Waals surface area contributed by atoms with E-state index in [2.05, 4.69) is 21.8 Å². The molecule has 1 aromatic heterocycles. The highest BCUT2D eigenvalue weighted by atomic mass is 19.1. The van der Waals surface area contributed by atoms with Crippen molar-refractivity contribution in [1.29, 1.82) is 0 Å². The van der Waals surface area contributed by atoms with Crippen molar-refractivity contribution >= 4 is 0 Å². The molecule has 1 aromatic rings. The summed E-state index contributed by atoms with van der Waals surface area (Å²) in [5.74, 6) is -1.18. The van der Waals surface area contributed by atoms with Crippen molar-refractivity contribution in [2.24, 2.45) is 0 Å². The highest BCUT2D eigenvalue weighted by Gasteiger charge is 2.16. The number of likely N-dealkylation sites (N-methyl/N-ethyl adjacent to an activating group) is 1. The second-order valence-electron chi connectivity index (χ2n) is 4.16. The van der Waals surface area contributed by atoms with Gasteiger partial charge in [-0.05, 0) is 7.05 Å². The smallest absolute Gasteiger partial charge is 0.148 e. The van der Waals surface area contributed by atoms with E-state index in [1.165, 1.54) is 0 Å². The van der Waals surface area contributed by atoms with Gasteiger partial charge in [0.15, 0.2) is 0 Å². The molecule has 1 aliphatic rings. The summed E-state index contributed by atoms with van der Waals surface area (Å²) < 4.78 is 26.0. The molecule has 0 bridgehead atoms. The van der Waals surface area contributed by atoms with Crippen LogP contribution in [0.2, 0.25) is 0 Å². The van der Waals surface area contributed by atoms with Crippen LogP contribution in [0, 0.1) is 11.6 Å². The summed E-state index contributed by atoms with van der Waals surface area (Å²) in [7, 11) is 2.06. The van der Waals surface area contributed by atoms with E-state index in [4.69, 9.17) is 0 Å². The lowest BCUT2D eigenvalue weighted by atomic mass is 10.2. The first-order valence-electron chi connectivity index (χ1n) is 5.36. The normalized spacial score (nSPS) is 18.9. The first kappa shape index (κ1) is 11.4. The van der Waals surface area contributed by atoms with Crippen LogP contribution in [0.5, 0.6) is 0 Å². The average Bonchev–Trinajstić information content (AvgIpc) is 2.25. The lowest BCUT2D eigenvalue weighted by Crippen LogP contribution is -2.44. The molecule has 0 radical (unpaired) electrons. The van der Waals surface area contributed by atoms with Crippen LogP contribution in [-0.2, 0) is 6.54 Å². The average molecular weight is 227 g/mol. The van der Waals surface area contributed by atoms with Gasteiger partial charge >= 0.3 is 0 Å². The Balaban J connectivity index is 1.98. The van der Waals surface area contributed by atoms with Crippen molar-refractivity contribution < 1.29 is 8.78 Å². The van der Waals surface area contributed by atoms with Crippen LogP contribution >= 0.6 is 0 Å². The standard InChI is InChI=1S/C11H15F2N3/c1-15-2-4-16(5-3-15)8-11-10(13)6-9(12)7-14-11/h6-7H,2-5,8H2,1H3. The fourth-order valence-electron chi connectivity index (χ4n) is 1.78. The zero-order valence-electron chi connectivity index (χ0n) is 9.29. The van der Waals surface area contributed by atoms with Gasteiger partial charge in [-0.1, -0.05) is 0 Å². The van der Waals surface area contributed by atoms with E-state index in [1.54, 1.807) is 0 Å². The van der Waals surface area contributed by atoms with Gasteiger partial charge in [0, 0.05) is 38.8 Å². The number of nitrogens with zero attached hydrogens (tertiary/aromatic N) is 3. The minimum absolute atomic E-state index is 0.325. The van der Waals surface area contributed by atoms with Crippen LogP contribution in [0.3, 0.4) is 0 Å². The molecule has 0 saturated carbocycles. The number of hydrogen-bond donors (Lipinski definition) is 0. The van der Waals surface area contributed by atoms with Gasteiger partial charge in [0.1, 0.15) is 11.6 Å². The molecule has 5 heteroatoms. The summed E-state index contributed by atoms with van der Waals surface area (Å²) in [6.45, 7) is 4.20. The van der Waals surface area contributed by atoms with E-state index >= 15 is 0 Å². The second-order valence-corrected chi connectivity index (χ2v) is 4.16. The molecule has 3 nitrogen and oxygen atoms in total. The van der Waals surface area contributed by atoms with Gasteiger partial charge in [0.25, 0.3) is 0 Å². The maximum absolute atomic E-state index is 13.3. The van der Waals surface area contributed by atoms with Crippen molar-refractivity contribution in [2.45, 2.75) is 6.54 Å². The molecule has 0 spiro atoms. The monoisotopic (exact) mass is 227 g/mol. The minimum atomic E-state index is -0.625. The molecule has 1 aliphatic heterocycles. The molecule has 0 aromatic carbocycles. The van der Waals surface area contributed by atoms with E-state index in [9.17, 15) is 8.78 Å². The van der Waals surface area contributed by atoms with Crippen molar-refractivity contribution in [3.05, 3.63) is 29.6 Å². The van der Waals surface area contributed by atoms with Crippen LogP contribution in [0.15, 0.2) is 12.3 Å². The quantitative estimate of drug-likeness (QED) is 0.754. The van der Waals surface area contributed by atoms with Crippen LogP contribution in [-0.4, -0.2) is 48.0 Å². The molecule has 0 aliphatic carbocycles. The van der Waals surface area contributed by atoms with Gasteiger partial charge in [-0.15, -0.1) is 0 Å². The van der Waals surface area contributed by atoms with Gasteiger partial charge in [-0.3, -0.25) is 9.88 Å². The molecule has 88 valence electrons. The third-order valence-electron chi connectivity index (χ3n) is 2.85. The maximum atomic E-state index is 13.3. The van der Waals surface area contributed by atoms with E-state index in [0.717, 1.165) is 38.4 Å². The van der Waals surface area contributed by atoms with Crippen molar-refractivity contribution in [3.8, 4) is 0 Å². The fourth-order valence-corrected chi connectivity index (χ4v) is 1.78. The van der Waals surface area contributed by atoms with Gasteiger partial charge in [-0.2, -0.15) is 0 Å². The van der Waals surface area contributed by atoms with Gasteiger partial charge in [-0.25, -0.2) is 8.78 Å². The van der Waals surface area contributed by atoms with Crippen molar-refractivity contribution in [2.75, 3.05) is 33.2 Å². The Morgan fingerprint density at radius 3 is 2.56 bits per heavy atom. The van der Waals surface area contributed by atoms with E-state index in [1.807, 2.05) is 0 Å². The highest BCUT2D eigenvalue weighted by Crippen LogP contribution is 2.10. The first-order valence-corrected chi connectivity index (χ1v) is 5.36. The van der Waals surface area contributed by atoms with Crippen LogP contribution in [0.25, 0.3) is 0 Å². The lowest BCUT2D eigenvalue weighted by Gasteiger charge is -2.32. The summed E-state index contributed by atoms with van der Waals surface area (Å²) >= 11 is 0. The third kappa shape index (κ3) is 2.74. The Morgan fingerprint density at radius 1 is 1.25 bits per heavy atom. The Labute approximate surface area is 93.7 Å². The van der Waals surface area contributed by atoms with Crippen molar-refractivity contribution in [3.63, 3.8) is 0 Å².